The summed E-state index contributed by atoms with van der Waals surface area (Å²) in [4.78, 5) is 2.33. The van der Waals surface area contributed by atoms with E-state index < -0.39 is 11.7 Å². The van der Waals surface area contributed by atoms with Gasteiger partial charge in [0.25, 0.3) is 0 Å². The molecule has 0 aliphatic carbocycles. The van der Waals surface area contributed by atoms with Gasteiger partial charge >= 0.3 is 6.18 Å². The predicted octanol–water partition coefficient (Wildman–Crippen LogP) is 4.09. The summed E-state index contributed by atoms with van der Waals surface area (Å²) in [5.74, 6) is 0. The molecule has 0 saturated heterocycles. The molecule has 0 spiro atoms. The zero-order valence-corrected chi connectivity index (χ0v) is 13.0. The Morgan fingerprint density at radius 1 is 1.19 bits per heavy atom. The minimum atomic E-state index is -4.28. The molecule has 0 radical (unpaired) electrons. The number of rotatable bonds is 8. The van der Waals surface area contributed by atoms with E-state index in [1.165, 1.54) is 12.1 Å². The molecule has 0 bridgehead atoms. The first kappa shape index (κ1) is 18.0. The van der Waals surface area contributed by atoms with Crippen LogP contribution in [0.5, 0.6) is 0 Å². The monoisotopic (exact) mass is 302 g/mol. The standard InChI is InChI=1S/C16H25F3N2/c1-4-10-21(5-2)11-9-20-13(3)14-7-6-8-15(12-14)16(17,18)19/h6-8,12-13,20H,4-5,9-11H2,1-3H3. The summed E-state index contributed by atoms with van der Waals surface area (Å²) >= 11 is 0. The van der Waals surface area contributed by atoms with Gasteiger partial charge in [-0.1, -0.05) is 26.0 Å². The first-order valence-corrected chi connectivity index (χ1v) is 7.51. The van der Waals surface area contributed by atoms with Gasteiger partial charge in [-0.2, -0.15) is 13.2 Å². The van der Waals surface area contributed by atoms with E-state index in [2.05, 4.69) is 24.1 Å². The summed E-state index contributed by atoms with van der Waals surface area (Å²) in [5.41, 5.74) is 0.0817. The summed E-state index contributed by atoms with van der Waals surface area (Å²) in [6.45, 7) is 9.88. The molecule has 1 atom stereocenters. The van der Waals surface area contributed by atoms with Crippen LogP contribution >= 0.6 is 0 Å². The van der Waals surface area contributed by atoms with Gasteiger partial charge in [-0.05, 0) is 44.1 Å². The van der Waals surface area contributed by atoms with Crippen molar-refractivity contribution >= 4 is 0 Å². The highest BCUT2D eigenvalue weighted by Gasteiger charge is 2.30. The molecule has 120 valence electrons. The Bertz CT molecular complexity index is 418. The van der Waals surface area contributed by atoms with Crippen LogP contribution in [-0.4, -0.2) is 31.1 Å². The van der Waals surface area contributed by atoms with Gasteiger partial charge in [-0.15, -0.1) is 0 Å². The number of hydrogen-bond donors (Lipinski definition) is 1. The van der Waals surface area contributed by atoms with E-state index in [1.54, 1.807) is 6.07 Å². The maximum atomic E-state index is 12.7. The molecule has 2 nitrogen and oxygen atoms in total. The van der Waals surface area contributed by atoms with Crippen molar-refractivity contribution in [2.75, 3.05) is 26.2 Å². The van der Waals surface area contributed by atoms with Gasteiger partial charge in [0, 0.05) is 19.1 Å². The molecule has 1 rings (SSSR count). The minimum absolute atomic E-state index is 0.0902. The lowest BCUT2D eigenvalue weighted by molar-refractivity contribution is -0.137. The van der Waals surface area contributed by atoms with E-state index >= 15 is 0 Å². The molecular formula is C16H25F3N2. The molecule has 0 aliphatic rings. The first-order chi connectivity index (χ1) is 9.88. The average Bonchev–Trinajstić information content (AvgIpc) is 2.45. The van der Waals surface area contributed by atoms with Gasteiger partial charge in [0.2, 0.25) is 0 Å². The number of benzene rings is 1. The van der Waals surface area contributed by atoms with E-state index in [-0.39, 0.29) is 6.04 Å². The highest BCUT2D eigenvalue weighted by atomic mass is 19.4. The van der Waals surface area contributed by atoms with Gasteiger partial charge in [-0.25, -0.2) is 0 Å². The van der Waals surface area contributed by atoms with Crippen LogP contribution in [-0.2, 0) is 6.18 Å². The number of nitrogens with zero attached hydrogens (tertiary/aromatic N) is 1. The lowest BCUT2D eigenvalue weighted by atomic mass is 10.0. The smallest absolute Gasteiger partial charge is 0.309 e. The SMILES string of the molecule is CCCN(CC)CCNC(C)c1cccc(C(F)(F)F)c1. The molecule has 0 aromatic heterocycles. The van der Waals surface area contributed by atoms with E-state index in [4.69, 9.17) is 0 Å². The fraction of sp³-hybridized carbons (Fsp3) is 0.625. The van der Waals surface area contributed by atoms with Crippen molar-refractivity contribution in [1.82, 2.24) is 10.2 Å². The van der Waals surface area contributed by atoms with Crippen LogP contribution in [0.2, 0.25) is 0 Å². The summed E-state index contributed by atoms with van der Waals surface area (Å²) in [5, 5.41) is 3.29. The zero-order chi connectivity index (χ0) is 15.9. The molecule has 1 aromatic carbocycles. The fourth-order valence-electron chi connectivity index (χ4n) is 2.29. The Balaban J connectivity index is 2.54. The third kappa shape index (κ3) is 6.06. The quantitative estimate of drug-likeness (QED) is 0.778. The third-order valence-electron chi connectivity index (χ3n) is 3.58. The van der Waals surface area contributed by atoms with Gasteiger partial charge in [-0.3, -0.25) is 0 Å². The van der Waals surface area contributed by atoms with Crippen molar-refractivity contribution in [1.29, 1.82) is 0 Å². The second-order valence-electron chi connectivity index (χ2n) is 5.23. The Hall–Kier alpha value is -1.07. The van der Waals surface area contributed by atoms with Crippen molar-refractivity contribution in [3.05, 3.63) is 35.4 Å². The molecule has 0 aliphatic heterocycles. The van der Waals surface area contributed by atoms with Crippen molar-refractivity contribution in [2.45, 2.75) is 39.4 Å². The summed E-state index contributed by atoms with van der Waals surface area (Å²) < 4.78 is 38.1. The van der Waals surface area contributed by atoms with Gasteiger partial charge in [0.1, 0.15) is 0 Å². The Kier molecular flexibility index (Phi) is 7.18. The van der Waals surface area contributed by atoms with E-state index in [1.807, 2.05) is 6.92 Å². The number of likely N-dealkylation sites (N-methyl/N-ethyl adjacent to an activating group) is 1. The normalized spacial score (nSPS) is 13.7. The zero-order valence-electron chi connectivity index (χ0n) is 13.0. The van der Waals surface area contributed by atoms with Crippen molar-refractivity contribution < 1.29 is 13.2 Å². The van der Waals surface area contributed by atoms with Crippen LogP contribution in [0.15, 0.2) is 24.3 Å². The summed E-state index contributed by atoms with van der Waals surface area (Å²) in [6, 6.07) is 5.44. The Morgan fingerprint density at radius 2 is 1.90 bits per heavy atom. The molecule has 0 amide bonds. The van der Waals surface area contributed by atoms with E-state index in [0.29, 0.717) is 5.56 Å². The molecule has 0 fully saturated rings. The van der Waals surface area contributed by atoms with Crippen LogP contribution in [0.1, 0.15) is 44.4 Å². The molecule has 0 saturated carbocycles. The highest BCUT2D eigenvalue weighted by molar-refractivity contribution is 5.27. The first-order valence-electron chi connectivity index (χ1n) is 7.51. The largest absolute Gasteiger partial charge is 0.416 e. The second kappa shape index (κ2) is 8.39. The number of nitrogens with one attached hydrogen (secondary N) is 1. The third-order valence-corrected chi connectivity index (χ3v) is 3.58. The Morgan fingerprint density at radius 3 is 2.48 bits per heavy atom. The van der Waals surface area contributed by atoms with Crippen molar-refractivity contribution in [3.63, 3.8) is 0 Å². The number of halogens is 3. The molecule has 1 unspecified atom stereocenters. The van der Waals surface area contributed by atoms with Crippen LogP contribution in [0.25, 0.3) is 0 Å². The summed E-state index contributed by atoms with van der Waals surface area (Å²) in [7, 11) is 0. The maximum absolute atomic E-state index is 12.7. The maximum Gasteiger partial charge on any atom is 0.416 e. The molecule has 1 N–H and O–H groups in total. The van der Waals surface area contributed by atoms with Gasteiger partial charge in [0.05, 0.1) is 5.56 Å². The molecule has 21 heavy (non-hydrogen) atoms. The molecule has 0 heterocycles. The number of hydrogen-bond acceptors (Lipinski definition) is 2. The van der Waals surface area contributed by atoms with Gasteiger partial charge in [0.15, 0.2) is 0 Å². The topological polar surface area (TPSA) is 15.3 Å². The highest BCUT2D eigenvalue weighted by Crippen LogP contribution is 2.30. The van der Waals surface area contributed by atoms with Crippen molar-refractivity contribution in [3.8, 4) is 0 Å². The van der Waals surface area contributed by atoms with Gasteiger partial charge < -0.3 is 10.2 Å². The van der Waals surface area contributed by atoms with Crippen LogP contribution in [0.3, 0.4) is 0 Å². The lowest BCUT2D eigenvalue weighted by Crippen LogP contribution is -2.33. The average molecular weight is 302 g/mol. The fourth-order valence-corrected chi connectivity index (χ4v) is 2.29. The molecular weight excluding hydrogens is 277 g/mol. The van der Waals surface area contributed by atoms with E-state index in [9.17, 15) is 13.2 Å². The second-order valence-corrected chi connectivity index (χ2v) is 5.23. The van der Waals surface area contributed by atoms with E-state index in [0.717, 1.165) is 38.7 Å². The van der Waals surface area contributed by atoms with Crippen molar-refractivity contribution in [2.24, 2.45) is 0 Å². The summed E-state index contributed by atoms with van der Waals surface area (Å²) in [6.07, 6.45) is -3.17. The molecule has 5 heteroatoms. The lowest BCUT2D eigenvalue weighted by Gasteiger charge is -2.22. The van der Waals surface area contributed by atoms with Crippen LogP contribution < -0.4 is 5.32 Å². The Labute approximate surface area is 125 Å². The predicted molar refractivity (Wildman–Crippen MR) is 80.3 cm³/mol. The molecule has 1 aromatic rings. The van der Waals surface area contributed by atoms with Crippen LogP contribution in [0, 0.1) is 0 Å². The number of alkyl halides is 3. The minimum Gasteiger partial charge on any atom is -0.309 e. The van der Waals surface area contributed by atoms with Crippen LogP contribution in [0.4, 0.5) is 13.2 Å².